The fourth-order valence-corrected chi connectivity index (χ4v) is 11.6. The highest BCUT2D eigenvalue weighted by Crippen LogP contribution is 2.48. The lowest BCUT2D eigenvalue weighted by Crippen LogP contribution is -2.50. The number of amides is 2. The van der Waals surface area contributed by atoms with E-state index in [-0.39, 0.29) is 30.5 Å². The topological polar surface area (TPSA) is 160 Å². The van der Waals surface area contributed by atoms with Crippen LogP contribution in [0, 0.1) is 0 Å². The number of carbonyl (C=O) groups is 4. The fraction of sp³-hybridized carbons (Fsp3) is 0.352. The van der Waals surface area contributed by atoms with Crippen molar-refractivity contribution in [3.63, 3.8) is 0 Å². The first-order valence-electron chi connectivity index (χ1n) is 29.9. The lowest BCUT2D eigenvalue weighted by atomic mass is 9.96. The summed E-state index contributed by atoms with van der Waals surface area (Å²) >= 11 is 0. The van der Waals surface area contributed by atoms with Gasteiger partial charge < -0.3 is 29.9 Å². The van der Waals surface area contributed by atoms with E-state index >= 15 is 0 Å². The molecular weight excluding hydrogens is 1050 g/mol. The summed E-state index contributed by atoms with van der Waals surface area (Å²) in [6.45, 7) is 15.7. The summed E-state index contributed by atoms with van der Waals surface area (Å²) < 4.78 is 11.1. The number of benzene rings is 6. The number of aromatic nitrogens is 2. The van der Waals surface area contributed by atoms with Gasteiger partial charge in [0.25, 0.3) is 0 Å². The number of Topliss-reactive ketones (excluding diaryl/α,β-unsaturated/α-hetero) is 2. The number of pyridine rings is 2. The van der Waals surface area contributed by atoms with Gasteiger partial charge in [0.15, 0.2) is 11.6 Å². The van der Waals surface area contributed by atoms with Gasteiger partial charge in [-0.3, -0.25) is 24.9 Å². The molecule has 13 heteroatoms. The lowest BCUT2D eigenvalue weighted by Gasteiger charge is -2.38. The third-order valence-electron chi connectivity index (χ3n) is 16.1. The van der Waals surface area contributed by atoms with E-state index in [1.165, 1.54) is 48.9 Å². The van der Waals surface area contributed by atoms with Crippen LogP contribution in [-0.4, -0.2) is 89.1 Å². The van der Waals surface area contributed by atoms with Crippen molar-refractivity contribution in [2.75, 3.05) is 60.1 Å². The van der Waals surface area contributed by atoms with Crippen molar-refractivity contribution < 1.29 is 28.7 Å². The number of nitrogens with two attached hydrogens (primary N) is 1. The van der Waals surface area contributed by atoms with Gasteiger partial charge in [-0.25, -0.2) is 9.59 Å². The minimum absolute atomic E-state index is 0.0436. The molecule has 13 nitrogen and oxygen atoms in total. The van der Waals surface area contributed by atoms with E-state index < -0.39 is 17.3 Å². The van der Waals surface area contributed by atoms with Gasteiger partial charge in [-0.1, -0.05) is 97.1 Å². The molecule has 2 amide bonds. The number of rotatable bonds is 13. The van der Waals surface area contributed by atoms with Crippen LogP contribution in [0.15, 0.2) is 146 Å². The second-order valence-corrected chi connectivity index (χ2v) is 25.0. The number of fused-ring (bicyclic) bond motifs is 2. The molecule has 432 valence electrons. The summed E-state index contributed by atoms with van der Waals surface area (Å²) in [5, 5.41) is 4.79. The van der Waals surface area contributed by atoms with Crippen molar-refractivity contribution in [2.45, 2.75) is 122 Å². The number of anilines is 4. The number of ether oxygens (including phenoxy) is 2. The number of carbonyl (C=O) groups excluding carboxylic acids is 4. The van der Waals surface area contributed by atoms with Crippen molar-refractivity contribution in [1.82, 2.24) is 14.9 Å². The second kappa shape index (κ2) is 24.3. The molecule has 84 heavy (non-hydrogen) atoms. The maximum Gasteiger partial charge on any atom is 0.412 e. The summed E-state index contributed by atoms with van der Waals surface area (Å²) in [5.41, 5.74) is 20.1. The standard InChI is InChI=1S/C40H46N4O5.C31H31N3O/c1-39(2,3)48-37(46)42-33-17-15-28(26-10-8-7-9-11-26)22-30(33)24-34(45)31-23-29-14-16-32(27-12-13-27)36(35(29)41-25-31)43-18-20-44(21-19-43)38(47)49-40(4,5)6;32-28-14-12-23(21-7-3-1-4-8-21)17-25(28)19-29(35)26-18-24-11-13-27(22-9-10-22)31(30(24)33-20-26)34-15-5-2-6-16-34/h7-11,14-17,22-23,25,27H,12-13,18-21,24H2,1-6H3,(H,42,46);1,3-4,7-8,11-14,17-18,20,22H,2,5-6,9-10,15-16,19,32H2. The van der Waals surface area contributed by atoms with Crippen LogP contribution in [0.5, 0.6) is 0 Å². The zero-order valence-electron chi connectivity index (χ0n) is 49.4. The van der Waals surface area contributed by atoms with Gasteiger partial charge in [-0.15, -0.1) is 0 Å². The number of piperazine rings is 1. The Morgan fingerprint density at radius 3 is 1.50 bits per heavy atom. The number of ketones is 2. The van der Waals surface area contributed by atoms with E-state index in [0.29, 0.717) is 66.1 Å². The Bertz CT molecular complexity index is 3740. The van der Waals surface area contributed by atoms with E-state index in [1.807, 2.05) is 139 Å². The maximum atomic E-state index is 13.9. The highest BCUT2D eigenvalue weighted by atomic mass is 16.6. The molecule has 6 aromatic carbocycles. The lowest BCUT2D eigenvalue weighted by molar-refractivity contribution is 0.0240. The number of nitrogen functional groups attached to an aromatic ring is 1. The minimum Gasteiger partial charge on any atom is -0.444 e. The van der Waals surface area contributed by atoms with Crippen LogP contribution in [0.25, 0.3) is 44.1 Å². The van der Waals surface area contributed by atoms with Crippen molar-refractivity contribution in [3.8, 4) is 22.3 Å². The molecule has 4 aliphatic rings. The molecule has 12 rings (SSSR count). The molecule has 2 aliphatic carbocycles. The Hall–Kier alpha value is -8.58. The normalized spacial score (nSPS) is 15.5. The number of hydrogen-bond acceptors (Lipinski definition) is 11. The van der Waals surface area contributed by atoms with E-state index in [1.54, 1.807) is 17.3 Å². The minimum atomic E-state index is -0.662. The van der Waals surface area contributed by atoms with Crippen LogP contribution in [0.4, 0.5) is 32.3 Å². The molecule has 2 saturated carbocycles. The molecule has 8 aromatic rings. The third-order valence-corrected chi connectivity index (χ3v) is 16.1. The average Bonchev–Trinajstić information content (AvgIpc) is 4.59. The van der Waals surface area contributed by atoms with Crippen LogP contribution in [0.1, 0.15) is 141 Å². The molecule has 2 aliphatic heterocycles. The van der Waals surface area contributed by atoms with Crippen LogP contribution in [0.2, 0.25) is 0 Å². The molecule has 0 atom stereocenters. The smallest absolute Gasteiger partial charge is 0.412 e. The third kappa shape index (κ3) is 13.7. The number of nitrogens with zero attached hydrogens (tertiary/aromatic N) is 5. The highest BCUT2D eigenvalue weighted by molar-refractivity contribution is 6.04. The van der Waals surface area contributed by atoms with Crippen molar-refractivity contribution in [2.24, 2.45) is 0 Å². The predicted molar refractivity (Wildman–Crippen MR) is 338 cm³/mol. The number of hydrogen-bond donors (Lipinski definition) is 2. The van der Waals surface area contributed by atoms with Crippen molar-refractivity contribution in [1.29, 1.82) is 0 Å². The molecular formula is C71H77N7O6. The molecule has 4 heterocycles. The van der Waals surface area contributed by atoms with Crippen molar-refractivity contribution >= 4 is 68.3 Å². The first-order chi connectivity index (χ1) is 40.4. The predicted octanol–water partition coefficient (Wildman–Crippen LogP) is 15.4. The van der Waals surface area contributed by atoms with Gasteiger partial charge in [0, 0.05) is 97.8 Å². The molecule has 2 aromatic heterocycles. The van der Waals surface area contributed by atoms with Gasteiger partial charge in [0.1, 0.15) is 11.2 Å². The zero-order chi connectivity index (χ0) is 58.7. The molecule has 0 spiro atoms. The summed E-state index contributed by atoms with van der Waals surface area (Å²) in [5.74, 6) is 1.10. The van der Waals surface area contributed by atoms with E-state index in [4.69, 9.17) is 25.2 Å². The maximum absolute atomic E-state index is 13.9. The fourth-order valence-electron chi connectivity index (χ4n) is 11.6. The second-order valence-electron chi connectivity index (χ2n) is 25.0. The van der Waals surface area contributed by atoms with Crippen LogP contribution in [-0.2, 0) is 22.3 Å². The van der Waals surface area contributed by atoms with Gasteiger partial charge in [0.2, 0.25) is 0 Å². The molecule has 4 fully saturated rings. The van der Waals surface area contributed by atoms with E-state index in [0.717, 1.165) is 81.2 Å². The Labute approximate surface area is 493 Å². The first-order valence-corrected chi connectivity index (χ1v) is 29.9. The van der Waals surface area contributed by atoms with Gasteiger partial charge in [0.05, 0.1) is 22.4 Å². The summed E-state index contributed by atoms with van der Waals surface area (Å²) in [4.78, 5) is 69.1. The van der Waals surface area contributed by atoms with Crippen LogP contribution >= 0.6 is 0 Å². The van der Waals surface area contributed by atoms with Gasteiger partial charge in [-0.05, 0) is 179 Å². The van der Waals surface area contributed by atoms with Gasteiger partial charge >= 0.3 is 12.2 Å². The Morgan fingerprint density at radius 1 is 0.524 bits per heavy atom. The largest absolute Gasteiger partial charge is 0.444 e. The Balaban J connectivity index is 0.000000185. The summed E-state index contributed by atoms with van der Waals surface area (Å²) in [6, 6.07) is 44.4. The van der Waals surface area contributed by atoms with E-state index in [2.05, 4.69) is 51.5 Å². The van der Waals surface area contributed by atoms with Crippen LogP contribution in [0.3, 0.4) is 0 Å². The Morgan fingerprint density at radius 2 is 1.00 bits per heavy atom. The molecule has 2 saturated heterocycles. The number of nitrogens with one attached hydrogen (secondary N) is 1. The molecule has 3 N–H and O–H groups in total. The zero-order valence-corrected chi connectivity index (χ0v) is 49.4. The van der Waals surface area contributed by atoms with Crippen LogP contribution < -0.4 is 20.9 Å². The monoisotopic (exact) mass is 1120 g/mol. The molecule has 0 unspecified atom stereocenters. The molecule has 0 radical (unpaired) electrons. The van der Waals surface area contributed by atoms with E-state index in [9.17, 15) is 19.2 Å². The number of piperidine rings is 1. The summed E-state index contributed by atoms with van der Waals surface area (Å²) in [6.07, 6.45) is 11.5. The highest BCUT2D eigenvalue weighted by Gasteiger charge is 2.34. The average molecular weight is 1120 g/mol. The van der Waals surface area contributed by atoms with Gasteiger partial charge in [-0.2, -0.15) is 0 Å². The first kappa shape index (κ1) is 57.2. The SMILES string of the molecule is CC(C)(C)OC(=O)Nc1ccc(-c2ccccc2)cc1CC(=O)c1cnc2c(N3CCN(C(=O)OC(C)(C)C)CC3)c(C3CC3)ccc2c1.Nc1ccc(-c2ccccc2)cc1CC(=O)c1cnc2c(N3CCCCC3)c(C3CC3)ccc2c1. The van der Waals surface area contributed by atoms with Crippen molar-refractivity contribution in [3.05, 3.63) is 179 Å². The quantitative estimate of drug-likeness (QED) is 0.0835. The summed E-state index contributed by atoms with van der Waals surface area (Å²) in [7, 11) is 0. The Kier molecular flexibility index (Phi) is 16.6. The molecule has 0 bridgehead atoms.